The highest BCUT2D eigenvalue weighted by molar-refractivity contribution is 5.91. The van der Waals surface area contributed by atoms with Gasteiger partial charge in [0.15, 0.2) is 12.6 Å². The minimum absolute atomic E-state index is 0.434. The molecule has 0 aliphatic rings. The van der Waals surface area contributed by atoms with Gasteiger partial charge in [0.1, 0.15) is 11.6 Å². The van der Waals surface area contributed by atoms with E-state index in [1.807, 2.05) is 152 Å². The molecule has 0 saturated carbocycles. The summed E-state index contributed by atoms with van der Waals surface area (Å²) in [6.45, 7) is 0. The number of aldehydes is 2. The van der Waals surface area contributed by atoms with Crippen LogP contribution in [0, 0.1) is 22.7 Å². The highest BCUT2D eigenvalue weighted by atomic mass is 16.1. The topological polar surface area (TPSA) is 171 Å². The predicted octanol–water partition coefficient (Wildman–Crippen LogP) is 12.2. The Bertz CT molecular complexity index is 3500. The molecule has 0 unspecified atom stereocenters. The van der Waals surface area contributed by atoms with Crippen molar-refractivity contribution in [1.82, 2.24) is 29.9 Å². The van der Waals surface area contributed by atoms with Crippen molar-refractivity contribution >= 4 is 12.6 Å². The van der Waals surface area contributed by atoms with Crippen LogP contribution in [0.3, 0.4) is 0 Å². The van der Waals surface area contributed by atoms with E-state index in [4.69, 9.17) is 9.97 Å². The Kier molecular flexibility index (Phi) is 10.1. The molecule has 0 bridgehead atoms. The zero-order valence-corrected chi connectivity index (χ0v) is 33.9. The Morgan fingerprint density at radius 1 is 0.391 bits per heavy atom. The molecule has 0 atom stereocenters. The van der Waals surface area contributed by atoms with Crippen molar-refractivity contribution < 1.29 is 9.59 Å². The van der Waals surface area contributed by atoms with Gasteiger partial charge < -0.3 is 19.9 Å². The van der Waals surface area contributed by atoms with Crippen molar-refractivity contribution in [3.05, 3.63) is 193 Å². The van der Waals surface area contributed by atoms with E-state index in [-0.39, 0.29) is 0 Å². The van der Waals surface area contributed by atoms with Crippen molar-refractivity contribution in [1.29, 1.82) is 10.5 Å². The SMILES string of the molecule is N#Cc1ccccc1-c1nc(-c2cccc(-c3c[nH]c(-c4ccc(-c5ccc(-c6cc(-c7cccc(-c8c[nH]c(-c9ccccc9C=O)c8)c7)c[nH]6)c(C=O)c5)cc4C#N)n3)c2)c[nH]1. The van der Waals surface area contributed by atoms with Gasteiger partial charge in [-0.1, -0.05) is 91.0 Å². The smallest absolute Gasteiger partial charge is 0.150 e. The van der Waals surface area contributed by atoms with Crippen molar-refractivity contribution in [2.75, 3.05) is 0 Å². The number of carbonyl (C=O) groups excluding carboxylic acids is 2. The van der Waals surface area contributed by atoms with E-state index in [0.29, 0.717) is 45.2 Å². The van der Waals surface area contributed by atoms with Crippen LogP contribution in [0.4, 0.5) is 0 Å². The van der Waals surface area contributed by atoms with Gasteiger partial charge in [0.05, 0.1) is 34.7 Å². The Labute approximate surface area is 367 Å². The zero-order valence-electron chi connectivity index (χ0n) is 33.9. The maximum Gasteiger partial charge on any atom is 0.150 e. The van der Waals surface area contributed by atoms with Gasteiger partial charge in [0, 0.05) is 80.7 Å². The van der Waals surface area contributed by atoms with Gasteiger partial charge in [-0.15, -0.1) is 0 Å². The average molecular weight is 827 g/mol. The second-order valence-corrected chi connectivity index (χ2v) is 15.2. The van der Waals surface area contributed by atoms with Crippen LogP contribution in [0.5, 0.6) is 0 Å². The van der Waals surface area contributed by atoms with Gasteiger partial charge in [-0.3, -0.25) is 9.59 Å². The first-order chi connectivity index (χ1) is 31.5. The molecule has 64 heavy (non-hydrogen) atoms. The van der Waals surface area contributed by atoms with Crippen molar-refractivity contribution in [3.63, 3.8) is 0 Å². The summed E-state index contributed by atoms with van der Waals surface area (Å²) in [5, 5.41) is 19.9. The van der Waals surface area contributed by atoms with Gasteiger partial charge in [-0.2, -0.15) is 10.5 Å². The molecule has 0 aliphatic heterocycles. The molecule has 0 spiro atoms. The van der Waals surface area contributed by atoms with E-state index < -0.39 is 0 Å². The first-order valence-corrected chi connectivity index (χ1v) is 20.4. The molecule has 0 saturated heterocycles. The third kappa shape index (κ3) is 7.30. The van der Waals surface area contributed by atoms with Gasteiger partial charge in [-0.05, 0) is 88.0 Å². The molecule has 6 aromatic carbocycles. The highest BCUT2D eigenvalue weighted by Crippen LogP contribution is 2.36. The number of hydrogen-bond donors (Lipinski definition) is 4. The van der Waals surface area contributed by atoms with Gasteiger partial charge in [0.2, 0.25) is 0 Å². The molecule has 0 aliphatic carbocycles. The molecule has 0 fully saturated rings. The Hall–Kier alpha value is -9.38. The number of nitriles is 2. The lowest BCUT2D eigenvalue weighted by atomic mass is 9.95. The van der Waals surface area contributed by atoms with Crippen LogP contribution in [0.2, 0.25) is 0 Å². The van der Waals surface area contributed by atoms with Gasteiger partial charge in [0.25, 0.3) is 0 Å². The number of aromatic amines is 4. The fraction of sp³-hybridized carbons (Fsp3) is 0. The number of imidazole rings is 2. The molecular weight excluding hydrogens is 793 g/mol. The molecule has 10 aromatic rings. The van der Waals surface area contributed by atoms with Crippen LogP contribution in [0.15, 0.2) is 170 Å². The summed E-state index contributed by atoms with van der Waals surface area (Å²) in [5.74, 6) is 1.16. The molecule has 10 heteroatoms. The molecule has 10 nitrogen and oxygen atoms in total. The summed E-state index contributed by atoms with van der Waals surface area (Å²) in [5.41, 5.74) is 15.5. The van der Waals surface area contributed by atoms with Crippen LogP contribution in [0.1, 0.15) is 31.8 Å². The lowest BCUT2D eigenvalue weighted by Gasteiger charge is -2.09. The number of nitrogens with zero attached hydrogens (tertiary/aromatic N) is 4. The number of nitrogens with one attached hydrogen (secondary N) is 4. The molecule has 4 aromatic heterocycles. The molecule has 0 radical (unpaired) electrons. The summed E-state index contributed by atoms with van der Waals surface area (Å²) >= 11 is 0. The van der Waals surface area contributed by atoms with Crippen molar-refractivity contribution in [2.24, 2.45) is 0 Å². The lowest BCUT2D eigenvalue weighted by Crippen LogP contribution is -1.92. The van der Waals surface area contributed by atoms with Crippen molar-refractivity contribution in [2.45, 2.75) is 0 Å². The molecule has 302 valence electrons. The van der Waals surface area contributed by atoms with E-state index in [0.717, 1.165) is 90.9 Å². The molecule has 4 N–H and O–H groups in total. The zero-order chi connectivity index (χ0) is 43.6. The normalized spacial score (nSPS) is 10.9. The summed E-state index contributed by atoms with van der Waals surface area (Å²) < 4.78 is 0. The van der Waals surface area contributed by atoms with Crippen LogP contribution >= 0.6 is 0 Å². The van der Waals surface area contributed by atoms with E-state index in [1.165, 1.54) is 0 Å². The minimum Gasteiger partial charge on any atom is -0.361 e. The average Bonchev–Trinajstić information content (AvgIpc) is 4.22. The number of hydrogen-bond acceptors (Lipinski definition) is 6. The second kappa shape index (κ2) is 16.6. The lowest BCUT2D eigenvalue weighted by molar-refractivity contribution is 0.111. The number of benzene rings is 6. The van der Waals surface area contributed by atoms with E-state index in [9.17, 15) is 20.1 Å². The van der Waals surface area contributed by atoms with E-state index in [1.54, 1.807) is 12.1 Å². The third-order valence-corrected chi connectivity index (χ3v) is 11.4. The number of H-pyrrole nitrogens is 4. The maximum absolute atomic E-state index is 12.6. The summed E-state index contributed by atoms with van der Waals surface area (Å²) in [6, 6.07) is 50.9. The fourth-order valence-corrected chi connectivity index (χ4v) is 8.10. The molecule has 0 amide bonds. The first-order valence-electron chi connectivity index (χ1n) is 20.4. The predicted molar refractivity (Wildman–Crippen MR) is 249 cm³/mol. The fourth-order valence-electron chi connectivity index (χ4n) is 8.10. The van der Waals surface area contributed by atoms with Crippen LogP contribution < -0.4 is 0 Å². The molecule has 4 heterocycles. The minimum atomic E-state index is 0.434. The van der Waals surface area contributed by atoms with Crippen LogP contribution in [-0.2, 0) is 0 Å². The molecular formula is C54H34N8O2. The van der Waals surface area contributed by atoms with E-state index in [2.05, 4.69) is 38.1 Å². The third-order valence-electron chi connectivity index (χ3n) is 11.4. The quantitative estimate of drug-likeness (QED) is 0.0945. The second-order valence-electron chi connectivity index (χ2n) is 15.2. The van der Waals surface area contributed by atoms with Crippen LogP contribution in [-0.4, -0.2) is 42.5 Å². The Morgan fingerprint density at radius 2 is 0.875 bits per heavy atom. The summed E-state index contributed by atoms with van der Waals surface area (Å²) in [7, 11) is 0. The Balaban J connectivity index is 0.872. The maximum atomic E-state index is 12.6. The highest BCUT2D eigenvalue weighted by Gasteiger charge is 2.17. The summed E-state index contributed by atoms with van der Waals surface area (Å²) in [6.07, 6.45) is 9.23. The Morgan fingerprint density at radius 3 is 1.48 bits per heavy atom. The molecule has 10 rings (SSSR count). The summed E-state index contributed by atoms with van der Waals surface area (Å²) in [4.78, 5) is 47.0. The monoisotopic (exact) mass is 826 g/mol. The number of carbonyl (C=O) groups is 2. The van der Waals surface area contributed by atoms with E-state index >= 15 is 0 Å². The number of rotatable bonds is 11. The van der Waals surface area contributed by atoms with Crippen LogP contribution in [0.25, 0.3) is 101 Å². The largest absolute Gasteiger partial charge is 0.361 e. The number of aromatic nitrogens is 6. The van der Waals surface area contributed by atoms with Gasteiger partial charge >= 0.3 is 0 Å². The van der Waals surface area contributed by atoms with Crippen molar-refractivity contribution in [3.8, 4) is 113 Å². The van der Waals surface area contributed by atoms with Gasteiger partial charge in [-0.25, -0.2) is 9.97 Å². The standard InChI is InChI=1S/C54H34N8O2/c55-25-39-7-1-4-14-47(39)53-59-29-51(61-53)37-11-6-12-38(22-37)52-30-60-54(62-52)48-18-16-35(20-41(48)26-56)36-15-17-46(44(21-36)32-64)50-24-43(28-58-50)34-10-5-9-33(19-34)42-23-49(57-27-42)45-13-3-2-8-40(45)31-63/h1-24,27-32,57-58H,(H,59,61)(H,60,62). The first kappa shape index (κ1) is 38.8.